The number of nitrogens with zero attached hydrogens (tertiary/aromatic N) is 2. The highest BCUT2D eigenvalue weighted by Crippen LogP contribution is 2.21. The minimum atomic E-state index is -1.03. The average molecular weight is 348 g/mol. The van der Waals surface area contributed by atoms with Crippen LogP contribution in [0.25, 0.3) is 0 Å². The summed E-state index contributed by atoms with van der Waals surface area (Å²) >= 11 is 0. The Hall–Kier alpha value is -2.90. The van der Waals surface area contributed by atoms with Gasteiger partial charge in [-0.25, -0.2) is 9.18 Å². The zero-order chi connectivity index (χ0) is 17.8. The molecule has 25 heavy (non-hydrogen) atoms. The van der Waals surface area contributed by atoms with Gasteiger partial charge in [0.25, 0.3) is 5.91 Å². The number of amides is 1. The van der Waals surface area contributed by atoms with Crippen LogP contribution in [0.1, 0.15) is 35.5 Å². The first-order valence-corrected chi connectivity index (χ1v) is 7.93. The molecule has 1 aromatic heterocycles. The number of carbonyl (C=O) groups is 2. The predicted octanol–water partition coefficient (Wildman–Crippen LogP) is 2.47. The van der Waals surface area contributed by atoms with E-state index in [1.54, 1.807) is 12.1 Å². The van der Waals surface area contributed by atoms with E-state index in [1.807, 2.05) is 0 Å². The molecule has 2 aromatic rings. The lowest BCUT2D eigenvalue weighted by Gasteiger charge is -2.32. The molecule has 1 aliphatic heterocycles. The van der Waals surface area contributed by atoms with Gasteiger partial charge in [0.15, 0.2) is 23.0 Å². The molecular formula is C17H17FN2O5. The fourth-order valence-electron chi connectivity index (χ4n) is 2.77. The molecule has 0 radical (unpaired) electrons. The molecule has 8 heteroatoms. The van der Waals surface area contributed by atoms with E-state index < -0.39 is 23.7 Å². The summed E-state index contributed by atoms with van der Waals surface area (Å²) in [6.45, 7) is 0.271. The van der Waals surface area contributed by atoms with Gasteiger partial charge in [0.1, 0.15) is 12.6 Å². The number of hydrogen-bond donors (Lipinski definition) is 1. The van der Waals surface area contributed by atoms with Crippen molar-refractivity contribution in [2.24, 2.45) is 0 Å². The Labute approximate surface area is 143 Å². The number of para-hydroxylation sites is 1. The number of carboxylic acids is 1. The van der Waals surface area contributed by atoms with E-state index in [2.05, 4.69) is 5.16 Å². The largest absolute Gasteiger partial charge is 0.482 e. The molecular weight excluding hydrogens is 331 g/mol. The van der Waals surface area contributed by atoms with Crippen molar-refractivity contribution in [2.75, 3.05) is 6.54 Å². The third kappa shape index (κ3) is 3.78. The number of carbonyl (C=O) groups excluding carboxylic acids is 1. The van der Waals surface area contributed by atoms with Gasteiger partial charge in [0.2, 0.25) is 0 Å². The second kappa shape index (κ2) is 7.33. The number of rotatable bonds is 5. The van der Waals surface area contributed by atoms with E-state index in [4.69, 9.17) is 9.26 Å². The maximum absolute atomic E-state index is 13.5. The summed E-state index contributed by atoms with van der Waals surface area (Å²) in [4.78, 5) is 25.1. The SMILES string of the molecule is O=C(O)C1CCCCN1C(=O)c1cc(COc2ccccc2F)on1. The monoisotopic (exact) mass is 348 g/mol. The van der Waals surface area contributed by atoms with E-state index >= 15 is 0 Å². The van der Waals surface area contributed by atoms with Gasteiger partial charge in [-0.2, -0.15) is 0 Å². The van der Waals surface area contributed by atoms with Crippen molar-refractivity contribution >= 4 is 11.9 Å². The van der Waals surface area contributed by atoms with Gasteiger partial charge in [-0.05, 0) is 31.4 Å². The van der Waals surface area contributed by atoms with Crippen molar-refractivity contribution < 1.29 is 28.3 Å². The van der Waals surface area contributed by atoms with E-state index in [0.717, 1.165) is 12.8 Å². The fourth-order valence-corrected chi connectivity index (χ4v) is 2.77. The summed E-state index contributed by atoms with van der Waals surface area (Å²) in [5.41, 5.74) is 0.0142. The van der Waals surface area contributed by atoms with Crippen molar-refractivity contribution in [3.05, 3.63) is 47.6 Å². The van der Waals surface area contributed by atoms with Crippen molar-refractivity contribution in [3.63, 3.8) is 0 Å². The average Bonchev–Trinajstić information content (AvgIpc) is 3.09. The third-order valence-electron chi connectivity index (χ3n) is 4.03. The molecule has 1 N–H and O–H groups in total. The highest BCUT2D eigenvalue weighted by atomic mass is 19.1. The molecule has 7 nitrogen and oxygen atoms in total. The molecule has 1 unspecified atom stereocenters. The summed E-state index contributed by atoms with van der Waals surface area (Å²) in [6.07, 6.45) is 1.93. The van der Waals surface area contributed by atoms with Crippen LogP contribution in [-0.4, -0.2) is 39.6 Å². The number of carboxylic acid groups (broad SMARTS) is 1. The lowest BCUT2D eigenvalue weighted by Crippen LogP contribution is -2.48. The summed E-state index contributed by atoms with van der Waals surface area (Å²) < 4.78 is 23.8. The van der Waals surface area contributed by atoms with Crippen molar-refractivity contribution in [2.45, 2.75) is 31.9 Å². The zero-order valence-corrected chi connectivity index (χ0v) is 13.4. The zero-order valence-electron chi connectivity index (χ0n) is 13.4. The molecule has 1 atom stereocenters. The Morgan fingerprint density at radius 2 is 2.16 bits per heavy atom. The van der Waals surface area contributed by atoms with Crippen LogP contribution in [0, 0.1) is 5.82 Å². The Bertz CT molecular complexity index is 776. The van der Waals surface area contributed by atoms with E-state index in [-0.39, 0.29) is 23.8 Å². The highest BCUT2D eigenvalue weighted by molar-refractivity contribution is 5.95. The van der Waals surface area contributed by atoms with Gasteiger partial charge in [-0.15, -0.1) is 0 Å². The topological polar surface area (TPSA) is 92.9 Å². The Morgan fingerprint density at radius 1 is 1.36 bits per heavy atom. The lowest BCUT2D eigenvalue weighted by atomic mass is 10.0. The number of aromatic nitrogens is 1. The second-order valence-corrected chi connectivity index (χ2v) is 5.75. The summed E-state index contributed by atoms with van der Waals surface area (Å²) in [5.74, 6) is -1.71. The molecule has 1 aromatic carbocycles. The highest BCUT2D eigenvalue weighted by Gasteiger charge is 2.33. The minimum absolute atomic E-state index is 0.0142. The minimum Gasteiger partial charge on any atom is -0.482 e. The maximum atomic E-state index is 13.5. The summed E-state index contributed by atoms with van der Waals surface area (Å²) in [6, 6.07) is 6.46. The Morgan fingerprint density at radius 3 is 2.92 bits per heavy atom. The van der Waals surface area contributed by atoms with Gasteiger partial charge in [-0.3, -0.25) is 4.79 Å². The van der Waals surface area contributed by atoms with Gasteiger partial charge < -0.3 is 19.3 Å². The van der Waals surface area contributed by atoms with E-state index in [9.17, 15) is 19.1 Å². The number of likely N-dealkylation sites (tertiary alicyclic amines) is 1. The van der Waals surface area contributed by atoms with E-state index in [1.165, 1.54) is 23.1 Å². The molecule has 132 valence electrons. The summed E-state index contributed by atoms with van der Waals surface area (Å²) in [7, 11) is 0. The maximum Gasteiger partial charge on any atom is 0.326 e. The van der Waals surface area contributed by atoms with Crippen LogP contribution in [0.3, 0.4) is 0 Å². The van der Waals surface area contributed by atoms with Crippen LogP contribution < -0.4 is 4.74 Å². The van der Waals surface area contributed by atoms with Crippen molar-refractivity contribution in [1.82, 2.24) is 10.1 Å². The van der Waals surface area contributed by atoms with Crippen LogP contribution in [0.2, 0.25) is 0 Å². The van der Waals surface area contributed by atoms with E-state index in [0.29, 0.717) is 13.0 Å². The van der Waals surface area contributed by atoms with Crippen LogP contribution in [0.4, 0.5) is 4.39 Å². The standard InChI is InChI=1S/C17H17FN2O5/c18-12-5-1-2-7-15(12)24-10-11-9-13(19-25-11)16(21)20-8-4-3-6-14(20)17(22)23/h1-2,5,7,9,14H,3-4,6,8,10H2,(H,22,23). The molecule has 1 aliphatic rings. The smallest absolute Gasteiger partial charge is 0.326 e. The van der Waals surface area contributed by atoms with Crippen LogP contribution in [0.5, 0.6) is 5.75 Å². The first kappa shape index (κ1) is 16.9. The van der Waals surface area contributed by atoms with Crippen molar-refractivity contribution in [3.8, 4) is 5.75 Å². The molecule has 0 aliphatic carbocycles. The molecule has 3 rings (SSSR count). The molecule has 2 heterocycles. The first-order chi connectivity index (χ1) is 12.1. The number of ether oxygens (including phenoxy) is 1. The third-order valence-corrected chi connectivity index (χ3v) is 4.03. The van der Waals surface area contributed by atoms with Gasteiger partial charge >= 0.3 is 5.97 Å². The number of hydrogen-bond acceptors (Lipinski definition) is 5. The normalized spacial score (nSPS) is 17.3. The van der Waals surface area contributed by atoms with Crippen LogP contribution in [-0.2, 0) is 11.4 Å². The Balaban J connectivity index is 1.67. The van der Waals surface area contributed by atoms with Crippen LogP contribution >= 0.6 is 0 Å². The van der Waals surface area contributed by atoms with Gasteiger partial charge in [0.05, 0.1) is 0 Å². The molecule has 1 saturated heterocycles. The second-order valence-electron chi connectivity index (χ2n) is 5.75. The van der Waals surface area contributed by atoms with Crippen molar-refractivity contribution in [1.29, 1.82) is 0 Å². The first-order valence-electron chi connectivity index (χ1n) is 7.93. The summed E-state index contributed by atoms with van der Waals surface area (Å²) in [5, 5.41) is 12.9. The van der Waals surface area contributed by atoms with Gasteiger partial charge in [-0.1, -0.05) is 17.3 Å². The number of benzene rings is 1. The molecule has 1 amide bonds. The predicted molar refractivity (Wildman–Crippen MR) is 83.5 cm³/mol. The van der Waals surface area contributed by atoms with Crippen LogP contribution in [0.15, 0.2) is 34.9 Å². The molecule has 1 fully saturated rings. The number of halogens is 1. The molecule has 0 spiro atoms. The number of aliphatic carboxylic acids is 1. The quantitative estimate of drug-likeness (QED) is 0.892. The Kier molecular flexibility index (Phi) is 4.97. The van der Waals surface area contributed by atoms with Gasteiger partial charge in [0, 0.05) is 12.6 Å². The number of piperidine rings is 1. The molecule has 0 bridgehead atoms. The lowest BCUT2D eigenvalue weighted by molar-refractivity contribution is -0.143. The molecule has 0 saturated carbocycles. The fraction of sp³-hybridized carbons (Fsp3) is 0.353.